The number of ether oxygens (including phenoxy) is 2. The first-order valence-corrected chi connectivity index (χ1v) is 6.77. The van der Waals surface area contributed by atoms with Gasteiger partial charge in [0, 0.05) is 20.2 Å². The second-order valence-electron chi connectivity index (χ2n) is 3.63. The van der Waals surface area contributed by atoms with E-state index in [4.69, 9.17) is 9.47 Å². The summed E-state index contributed by atoms with van der Waals surface area (Å²) in [6.45, 7) is 1.62. The van der Waals surface area contributed by atoms with Gasteiger partial charge in [-0.15, -0.1) is 11.3 Å². The lowest BCUT2D eigenvalue weighted by Crippen LogP contribution is -2.36. The van der Waals surface area contributed by atoms with Crippen LogP contribution in [0.25, 0.3) is 0 Å². The second-order valence-corrected chi connectivity index (χ2v) is 4.58. The maximum atomic E-state index is 11.5. The Morgan fingerprint density at radius 3 is 2.74 bits per heavy atom. The standard InChI is InChI=1S/C12H18N2O4S/c1-17-6-7-18-9-11(15)13-4-5-14-12(16)10-3-2-8-19-10/h2-3,8H,4-7,9H2,1H3,(H,13,15)(H,14,16). The van der Waals surface area contributed by atoms with Crippen LogP contribution in [0.4, 0.5) is 0 Å². The van der Waals surface area contributed by atoms with Crippen molar-refractivity contribution < 1.29 is 19.1 Å². The monoisotopic (exact) mass is 286 g/mol. The molecule has 0 atom stereocenters. The van der Waals surface area contributed by atoms with Gasteiger partial charge in [-0.25, -0.2) is 0 Å². The van der Waals surface area contributed by atoms with E-state index in [0.29, 0.717) is 31.2 Å². The van der Waals surface area contributed by atoms with Gasteiger partial charge in [-0.3, -0.25) is 9.59 Å². The van der Waals surface area contributed by atoms with Crippen LogP contribution >= 0.6 is 11.3 Å². The summed E-state index contributed by atoms with van der Waals surface area (Å²) in [5, 5.41) is 7.20. The summed E-state index contributed by atoms with van der Waals surface area (Å²) in [6, 6.07) is 3.57. The quantitative estimate of drug-likeness (QED) is 0.638. The van der Waals surface area contributed by atoms with E-state index in [1.54, 1.807) is 13.2 Å². The highest BCUT2D eigenvalue weighted by Gasteiger charge is 2.05. The normalized spacial score (nSPS) is 10.2. The van der Waals surface area contributed by atoms with E-state index in [1.807, 2.05) is 11.4 Å². The molecule has 0 saturated carbocycles. The molecule has 0 bridgehead atoms. The Morgan fingerprint density at radius 1 is 1.26 bits per heavy atom. The molecule has 0 unspecified atom stereocenters. The van der Waals surface area contributed by atoms with Crippen LogP contribution in [0.15, 0.2) is 17.5 Å². The molecule has 1 rings (SSSR count). The molecule has 0 aliphatic heterocycles. The number of carbonyl (C=O) groups excluding carboxylic acids is 2. The van der Waals surface area contributed by atoms with Crippen molar-refractivity contribution >= 4 is 23.2 Å². The van der Waals surface area contributed by atoms with E-state index in [2.05, 4.69) is 10.6 Å². The molecule has 1 heterocycles. The molecule has 1 aromatic heterocycles. The summed E-state index contributed by atoms with van der Waals surface area (Å²) in [5.41, 5.74) is 0. The van der Waals surface area contributed by atoms with Crippen LogP contribution in [0.3, 0.4) is 0 Å². The number of amides is 2. The lowest BCUT2D eigenvalue weighted by atomic mass is 10.4. The molecule has 2 amide bonds. The summed E-state index contributed by atoms with van der Waals surface area (Å²) in [5.74, 6) is -0.331. The Labute approximate surface area is 116 Å². The first-order chi connectivity index (χ1) is 9.24. The maximum absolute atomic E-state index is 11.5. The highest BCUT2D eigenvalue weighted by atomic mass is 32.1. The molecular weight excluding hydrogens is 268 g/mol. The van der Waals surface area contributed by atoms with E-state index in [0.717, 1.165) is 0 Å². The SMILES string of the molecule is COCCOCC(=O)NCCNC(=O)c1cccs1. The largest absolute Gasteiger partial charge is 0.382 e. The number of rotatable bonds is 9. The Balaban J connectivity index is 2.01. The summed E-state index contributed by atoms with van der Waals surface area (Å²) >= 11 is 1.38. The predicted octanol–water partition coefficient (Wildman–Crippen LogP) is 0.257. The van der Waals surface area contributed by atoms with Crippen LogP contribution in [0.1, 0.15) is 9.67 Å². The van der Waals surface area contributed by atoms with Gasteiger partial charge >= 0.3 is 0 Å². The summed E-state index contributed by atoms with van der Waals surface area (Å²) < 4.78 is 9.83. The minimum absolute atomic E-state index is 0.00221. The van der Waals surface area contributed by atoms with Gasteiger partial charge < -0.3 is 20.1 Å². The maximum Gasteiger partial charge on any atom is 0.261 e. The van der Waals surface area contributed by atoms with E-state index < -0.39 is 0 Å². The molecule has 0 aliphatic rings. The smallest absolute Gasteiger partial charge is 0.261 e. The van der Waals surface area contributed by atoms with Crippen molar-refractivity contribution in [3.05, 3.63) is 22.4 Å². The van der Waals surface area contributed by atoms with Crippen molar-refractivity contribution in [2.45, 2.75) is 0 Å². The average Bonchev–Trinajstić information content (AvgIpc) is 2.93. The zero-order valence-corrected chi connectivity index (χ0v) is 11.6. The molecule has 0 aliphatic carbocycles. The Morgan fingerprint density at radius 2 is 2.05 bits per heavy atom. The molecule has 0 spiro atoms. The van der Waals surface area contributed by atoms with E-state index in [-0.39, 0.29) is 18.4 Å². The van der Waals surface area contributed by atoms with Gasteiger partial charge in [0.2, 0.25) is 5.91 Å². The van der Waals surface area contributed by atoms with E-state index >= 15 is 0 Å². The third-order valence-electron chi connectivity index (χ3n) is 2.14. The lowest BCUT2D eigenvalue weighted by Gasteiger charge is -2.07. The Kier molecular flexibility index (Phi) is 7.80. The van der Waals surface area contributed by atoms with Gasteiger partial charge in [0.05, 0.1) is 18.1 Å². The van der Waals surface area contributed by atoms with Gasteiger partial charge in [0.1, 0.15) is 6.61 Å². The van der Waals surface area contributed by atoms with E-state index in [9.17, 15) is 9.59 Å². The van der Waals surface area contributed by atoms with Crippen molar-refractivity contribution in [2.75, 3.05) is 40.0 Å². The molecule has 7 heteroatoms. The number of carbonyl (C=O) groups is 2. The number of nitrogens with one attached hydrogen (secondary N) is 2. The van der Waals surface area contributed by atoms with Gasteiger partial charge in [-0.05, 0) is 11.4 Å². The third-order valence-corrected chi connectivity index (χ3v) is 3.01. The van der Waals surface area contributed by atoms with Crippen molar-refractivity contribution in [3.63, 3.8) is 0 Å². The predicted molar refractivity (Wildman–Crippen MR) is 72.4 cm³/mol. The summed E-state index contributed by atoms with van der Waals surface area (Å²) in [6.07, 6.45) is 0. The number of thiophene rings is 1. The Hall–Kier alpha value is -1.44. The zero-order valence-electron chi connectivity index (χ0n) is 10.8. The molecule has 19 heavy (non-hydrogen) atoms. The van der Waals surface area contributed by atoms with Gasteiger partial charge in [0.15, 0.2) is 0 Å². The minimum Gasteiger partial charge on any atom is -0.382 e. The fourth-order valence-electron chi connectivity index (χ4n) is 1.23. The zero-order chi connectivity index (χ0) is 13.9. The molecule has 6 nitrogen and oxygen atoms in total. The molecule has 106 valence electrons. The second kappa shape index (κ2) is 9.48. The van der Waals surface area contributed by atoms with Gasteiger partial charge in [-0.2, -0.15) is 0 Å². The fraction of sp³-hybridized carbons (Fsp3) is 0.500. The molecule has 2 N–H and O–H groups in total. The molecule has 0 fully saturated rings. The topological polar surface area (TPSA) is 76.7 Å². The third kappa shape index (κ3) is 6.90. The van der Waals surface area contributed by atoms with Crippen LogP contribution < -0.4 is 10.6 Å². The highest BCUT2D eigenvalue weighted by molar-refractivity contribution is 7.12. The summed E-state index contributed by atoms with van der Waals surface area (Å²) in [4.78, 5) is 23.5. The van der Waals surface area contributed by atoms with Crippen molar-refractivity contribution in [1.29, 1.82) is 0 Å². The van der Waals surface area contributed by atoms with Gasteiger partial charge in [-0.1, -0.05) is 6.07 Å². The molecule has 0 aromatic carbocycles. The molecule has 0 saturated heterocycles. The fourth-order valence-corrected chi connectivity index (χ4v) is 1.87. The molecular formula is C12H18N2O4S. The van der Waals surface area contributed by atoms with Crippen molar-refractivity contribution in [3.8, 4) is 0 Å². The van der Waals surface area contributed by atoms with Crippen LogP contribution in [-0.2, 0) is 14.3 Å². The Bertz CT molecular complexity index is 381. The van der Waals surface area contributed by atoms with Gasteiger partial charge in [0.25, 0.3) is 5.91 Å². The van der Waals surface area contributed by atoms with Crippen LogP contribution in [0, 0.1) is 0 Å². The lowest BCUT2D eigenvalue weighted by molar-refractivity contribution is -0.126. The molecule has 1 aromatic rings. The van der Waals surface area contributed by atoms with Crippen molar-refractivity contribution in [2.24, 2.45) is 0 Å². The van der Waals surface area contributed by atoms with Crippen molar-refractivity contribution in [1.82, 2.24) is 10.6 Å². The number of hydrogen-bond acceptors (Lipinski definition) is 5. The van der Waals surface area contributed by atoms with Crippen LogP contribution in [0.2, 0.25) is 0 Å². The average molecular weight is 286 g/mol. The van der Waals surface area contributed by atoms with Crippen LogP contribution in [0.5, 0.6) is 0 Å². The number of methoxy groups -OCH3 is 1. The summed E-state index contributed by atoms with van der Waals surface area (Å²) in [7, 11) is 1.57. The minimum atomic E-state index is -0.207. The van der Waals surface area contributed by atoms with E-state index in [1.165, 1.54) is 11.3 Å². The first-order valence-electron chi connectivity index (χ1n) is 5.89. The number of hydrogen-bond donors (Lipinski definition) is 2. The van der Waals surface area contributed by atoms with Crippen LogP contribution in [-0.4, -0.2) is 51.8 Å². The molecule has 0 radical (unpaired) electrons. The highest BCUT2D eigenvalue weighted by Crippen LogP contribution is 2.07. The first kappa shape index (κ1) is 15.6.